The molecule has 0 radical (unpaired) electrons. The maximum absolute atomic E-state index is 13.0. The van der Waals surface area contributed by atoms with E-state index in [-0.39, 0.29) is 16.9 Å². The number of halogens is 2. The first-order chi connectivity index (χ1) is 13.1. The van der Waals surface area contributed by atoms with E-state index in [2.05, 4.69) is 10.7 Å². The van der Waals surface area contributed by atoms with E-state index in [4.69, 9.17) is 0 Å². The number of hydrogen-bond donors (Lipinski definition) is 1. The van der Waals surface area contributed by atoms with E-state index in [1.165, 1.54) is 6.07 Å². The second-order valence-electron chi connectivity index (χ2n) is 12.8. The molecule has 0 aliphatic carbocycles. The molecule has 10 aliphatic rings. The van der Waals surface area contributed by atoms with Crippen LogP contribution in [0.15, 0.2) is 30.4 Å². The third-order valence-corrected chi connectivity index (χ3v) is 59.5. The molecule has 28 heavy (non-hydrogen) atoms. The second-order valence-corrected chi connectivity index (χ2v) is 36.4. The van der Waals surface area contributed by atoms with Gasteiger partial charge in [0.15, 0.2) is 0 Å². The Hall–Kier alpha value is -1.66. The van der Waals surface area contributed by atoms with Gasteiger partial charge in [-0.25, -0.2) is 0 Å². The SMILES string of the molecule is O=C(O)c1ccc(OB(F)F)c(C(=O)C=C[C]23[CH]4[CH]5[CH]6[CH]2[Fe]56432789[CH]3[CH]2[CH]7[CH]8[CH]39)c1. The van der Waals surface area contributed by atoms with Gasteiger partial charge in [-0.05, 0) is 0 Å². The summed E-state index contributed by atoms with van der Waals surface area (Å²) in [5, 5.41) is 9.21. The van der Waals surface area contributed by atoms with Crippen molar-refractivity contribution in [2.45, 2.75) is 47.7 Å². The van der Waals surface area contributed by atoms with Crippen molar-refractivity contribution in [1.82, 2.24) is 0 Å². The molecule has 1 N–H and O–H groups in total. The molecule has 10 heterocycles. The minimum absolute atomic E-state index is 0.0804. The van der Waals surface area contributed by atoms with E-state index in [0.717, 1.165) is 55.5 Å². The molecule has 8 heteroatoms. The van der Waals surface area contributed by atoms with E-state index < -0.39 is 25.7 Å². The number of rotatable bonds is 6. The van der Waals surface area contributed by atoms with Gasteiger partial charge in [0.05, 0.1) is 0 Å². The number of carbonyl (C=O) groups is 2. The van der Waals surface area contributed by atoms with Crippen LogP contribution < -0.4 is 4.65 Å². The van der Waals surface area contributed by atoms with Gasteiger partial charge in [-0.15, -0.1) is 0 Å². The summed E-state index contributed by atoms with van der Waals surface area (Å²) in [6.07, 6.45) is 3.83. The van der Waals surface area contributed by atoms with Crippen molar-refractivity contribution in [3.05, 3.63) is 41.5 Å². The fraction of sp³-hybridized carbons (Fsp3) is 0.500. The van der Waals surface area contributed by atoms with Gasteiger partial charge in [0.2, 0.25) is 0 Å². The molecule has 0 aromatic heterocycles. The Morgan fingerprint density at radius 2 is 1.68 bits per heavy atom. The summed E-state index contributed by atoms with van der Waals surface area (Å²) in [6.45, 7) is -3.33. The van der Waals surface area contributed by atoms with Gasteiger partial charge in [-0.2, -0.15) is 0 Å². The van der Waals surface area contributed by atoms with Crippen LogP contribution in [0.2, 0.25) is 47.7 Å². The number of carbonyl (C=O) groups excluding carboxylic acids is 1. The average Bonchev–Trinajstić information content (AvgIpc) is 3.59. The van der Waals surface area contributed by atoms with Crippen LogP contribution >= 0.6 is 0 Å². The van der Waals surface area contributed by atoms with E-state index >= 15 is 0 Å². The Morgan fingerprint density at radius 1 is 1.07 bits per heavy atom. The number of hydrogen-bond acceptors (Lipinski definition) is 3. The fourth-order valence-corrected chi connectivity index (χ4v) is 92.0. The fourth-order valence-electron chi connectivity index (χ4n) is 18.2. The van der Waals surface area contributed by atoms with Crippen molar-refractivity contribution in [2.24, 2.45) is 0 Å². The standard InChI is InChI=1S/C15H10BF2O4.C5H5.Fe/c17-16(18)22-14-8-6-11(15(20)21)9-12(14)13(19)7-5-10-3-1-2-4-10;1-2-4-5-3-1;/h1-9H,(H,20,21);1-5H;. The first-order valence-electron chi connectivity index (χ1n) is 9.91. The topological polar surface area (TPSA) is 63.6 Å². The Morgan fingerprint density at radius 3 is 2.11 bits per heavy atom. The summed E-state index contributed by atoms with van der Waals surface area (Å²) < 4.78 is 30.4. The van der Waals surface area contributed by atoms with Gasteiger partial charge in [0, 0.05) is 0 Å². The van der Waals surface area contributed by atoms with Gasteiger partial charge in [-0.1, -0.05) is 0 Å². The predicted molar refractivity (Wildman–Crippen MR) is 91.9 cm³/mol. The van der Waals surface area contributed by atoms with Crippen LogP contribution in [0.25, 0.3) is 0 Å². The summed E-state index contributed by atoms with van der Waals surface area (Å²) in [6, 6.07) is 3.50. The molecule has 4 unspecified atom stereocenters. The zero-order valence-corrected chi connectivity index (χ0v) is 15.5. The summed E-state index contributed by atoms with van der Waals surface area (Å²) in [7, 11) is -3.06. The number of fused-ring (bicyclic) bond motifs is 10. The Bertz CT molecular complexity index is 1490. The summed E-state index contributed by atoms with van der Waals surface area (Å²) in [5.41, 5.74) is -0.181. The predicted octanol–water partition coefficient (Wildman–Crippen LogP) is 5.19. The first kappa shape index (κ1) is 12.8. The molecule has 10 aliphatic heterocycles. The number of carboxylic acid groups (broad SMARTS) is 1. The van der Waals surface area contributed by atoms with Gasteiger partial charge in [0.1, 0.15) is 0 Å². The van der Waals surface area contributed by atoms with Crippen LogP contribution in [-0.2, 0) is 6.51 Å². The maximum atomic E-state index is 13.0. The van der Waals surface area contributed by atoms with Crippen molar-refractivity contribution >= 4 is 19.2 Å². The average molecular weight is 424 g/mol. The molecule has 4 nitrogen and oxygen atoms in total. The quantitative estimate of drug-likeness (QED) is 0.388. The number of ketones is 1. The first-order valence-corrected chi connectivity index (χ1v) is 16.2. The van der Waals surface area contributed by atoms with Crippen LogP contribution in [0, 0.1) is 0 Å². The number of benzene rings is 1. The van der Waals surface area contributed by atoms with Gasteiger partial charge < -0.3 is 0 Å². The third kappa shape index (κ3) is 0.226. The molecule has 10 fully saturated rings. The van der Waals surface area contributed by atoms with Crippen molar-refractivity contribution in [1.29, 1.82) is 0 Å². The van der Waals surface area contributed by atoms with E-state index in [1.54, 1.807) is 6.08 Å². The molecule has 144 valence electrons. The molecule has 1 spiro atoms. The molecule has 1 aromatic rings. The molecular formula is C20H15BF2FeO4. The molecule has 11 rings (SSSR count). The zero-order valence-electron chi connectivity index (χ0n) is 14.4. The molecule has 4 atom stereocenters. The van der Waals surface area contributed by atoms with Crippen LogP contribution in [0.5, 0.6) is 5.75 Å². The monoisotopic (exact) mass is 424 g/mol. The van der Waals surface area contributed by atoms with Crippen molar-refractivity contribution in [3.8, 4) is 5.75 Å². The number of allylic oxidation sites excluding steroid dienone is 2. The van der Waals surface area contributed by atoms with Gasteiger partial charge >= 0.3 is 149 Å². The summed E-state index contributed by atoms with van der Waals surface area (Å²) >= 11 is 0. The summed E-state index contributed by atoms with van der Waals surface area (Å²) in [5.74, 6) is -1.85. The molecular weight excluding hydrogens is 409 g/mol. The van der Waals surface area contributed by atoms with Crippen molar-refractivity contribution in [2.75, 3.05) is 0 Å². The second kappa shape index (κ2) is 1.49. The Kier molecular flexibility index (Phi) is 0.683. The normalized spacial score (nSPS) is 76.7. The molecule has 10 saturated heterocycles. The van der Waals surface area contributed by atoms with Crippen LogP contribution in [0.3, 0.4) is 0 Å². The van der Waals surface area contributed by atoms with Gasteiger partial charge in [0.25, 0.3) is 0 Å². The Balaban J connectivity index is 1.06. The number of carboxylic acids is 1. The van der Waals surface area contributed by atoms with E-state index in [9.17, 15) is 23.3 Å². The number of aromatic carboxylic acids is 1. The molecule has 0 amide bonds. The van der Waals surface area contributed by atoms with Crippen molar-refractivity contribution in [3.63, 3.8) is 0 Å². The molecule has 0 bridgehead atoms. The van der Waals surface area contributed by atoms with E-state index in [1.807, 2.05) is 0 Å². The van der Waals surface area contributed by atoms with Crippen molar-refractivity contribution < 1.29 is 34.5 Å². The van der Waals surface area contributed by atoms with Crippen LogP contribution in [-0.4, -0.2) is 24.3 Å². The molecule has 1 aromatic carbocycles. The summed E-state index contributed by atoms with van der Waals surface area (Å²) in [4.78, 5) is 34.2. The minimum atomic E-state index is -3.33. The Labute approximate surface area is 148 Å². The van der Waals surface area contributed by atoms with E-state index in [0.29, 0.717) is 4.31 Å². The zero-order chi connectivity index (χ0) is 18.7. The van der Waals surface area contributed by atoms with Crippen LogP contribution in [0.1, 0.15) is 20.7 Å². The van der Waals surface area contributed by atoms with Crippen LogP contribution in [0.4, 0.5) is 8.63 Å². The third-order valence-electron chi connectivity index (χ3n) is 17.0. The van der Waals surface area contributed by atoms with Gasteiger partial charge in [-0.3, -0.25) is 0 Å². The molecule has 0 saturated carbocycles.